The first-order valence-corrected chi connectivity index (χ1v) is 3.39. The standard InChI is InChI=1S/C7H8N4/c1-2-10-6-4-9-5-11-7(6)3-8-1/h1-4,10-11H,5H2. The zero-order valence-corrected chi connectivity index (χ0v) is 5.91. The summed E-state index contributed by atoms with van der Waals surface area (Å²) in [4.78, 5) is 8.06. The molecule has 4 heteroatoms. The van der Waals surface area contributed by atoms with Gasteiger partial charge in [0.05, 0.1) is 17.6 Å². The van der Waals surface area contributed by atoms with E-state index in [1.54, 1.807) is 24.8 Å². The van der Waals surface area contributed by atoms with Crippen LogP contribution >= 0.6 is 0 Å². The van der Waals surface area contributed by atoms with Gasteiger partial charge in [-0.15, -0.1) is 0 Å². The van der Waals surface area contributed by atoms with Gasteiger partial charge in [-0.3, -0.25) is 9.98 Å². The van der Waals surface area contributed by atoms with Crippen LogP contribution < -0.4 is 10.6 Å². The summed E-state index contributed by atoms with van der Waals surface area (Å²) in [6.07, 6.45) is 7.05. The fourth-order valence-electron chi connectivity index (χ4n) is 0.950. The lowest BCUT2D eigenvalue weighted by atomic mass is 10.3. The minimum atomic E-state index is 0.631. The maximum atomic E-state index is 4.05. The van der Waals surface area contributed by atoms with E-state index in [0.717, 1.165) is 11.4 Å². The number of nitrogens with zero attached hydrogens (tertiary/aromatic N) is 2. The van der Waals surface area contributed by atoms with Crippen molar-refractivity contribution in [1.82, 2.24) is 10.6 Å². The molecule has 2 heterocycles. The van der Waals surface area contributed by atoms with Gasteiger partial charge in [-0.05, 0) is 0 Å². The topological polar surface area (TPSA) is 48.8 Å². The highest BCUT2D eigenvalue weighted by molar-refractivity contribution is 5.92. The van der Waals surface area contributed by atoms with Crippen LogP contribution in [-0.2, 0) is 0 Å². The van der Waals surface area contributed by atoms with Gasteiger partial charge >= 0.3 is 0 Å². The third kappa shape index (κ3) is 1.14. The van der Waals surface area contributed by atoms with E-state index in [4.69, 9.17) is 0 Å². The van der Waals surface area contributed by atoms with Gasteiger partial charge < -0.3 is 10.6 Å². The molecule has 0 saturated carbocycles. The Morgan fingerprint density at radius 1 is 1.27 bits per heavy atom. The van der Waals surface area contributed by atoms with Crippen molar-refractivity contribution >= 4 is 12.4 Å². The van der Waals surface area contributed by atoms with Gasteiger partial charge in [-0.2, -0.15) is 0 Å². The van der Waals surface area contributed by atoms with Crippen LogP contribution in [0.25, 0.3) is 0 Å². The predicted molar refractivity (Wildman–Crippen MR) is 44.3 cm³/mol. The molecule has 0 atom stereocenters. The molecule has 56 valence electrons. The first-order valence-electron chi connectivity index (χ1n) is 3.39. The molecule has 2 rings (SSSR count). The molecule has 0 radical (unpaired) electrons. The number of allylic oxidation sites excluding steroid dienone is 2. The van der Waals surface area contributed by atoms with Gasteiger partial charge in [0.25, 0.3) is 0 Å². The molecule has 2 N–H and O–H groups in total. The molecule has 0 aromatic heterocycles. The zero-order valence-electron chi connectivity index (χ0n) is 5.91. The Hall–Kier alpha value is -1.58. The summed E-state index contributed by atoms with van der Waals surface area (Å²) < 4.78 is 0. The molecule has 2 aliphatic rings. The molecule has 0 saturated heterocycles. The monoisotopic (exact) mass is 148 g/mol. The lowest BCUT2D eigenvalue weighted by Gasteiger charge is -2.12. The maximum Gasteiger partial charge on any atom is 0.107 e. The average molecular weight is 148 g/mol. The van der Waals surface area contributed by atoms with E-state index >= 15 is 0 Å². The first kappa shape index (κ1) is 6.15. The minimum absolute atomic E-state index is 0.631. The summed E-state index contributed by atoms with van der Waals surface area (Å²) in [6.45, 7) is 0.631. The van der Waals surface area contributed by atoms with Crippen LogP contribution in [0, 0.1) is 0 Å². The molecule has 0 aliphatic carbocycles. The Kier molecular flexibility index (Phi) is 1.44. The summed E-state index contributed by atoms with van der Waals surface area (Å²) in [7, 11) is 0. The average Bonchev–Trinajstić information content (AvgIpc) is 2.28. The minimum Gasteiger partial charge on any atom is -0.363 e. The van der Waals surface area contributed by atoms with Crippen molar-refractivity contribution in [1.29, 1.82) is 0 Å². The van der Waals surface area contributed by atoms with Crippen LogP contribution in [0.3, 0.4) is 0 Å². The molecular weight excluding hydrogens is 140 g/mol. The summed E-state index contributed by atoms with van der Waals surface area (Å²) in [5.41, 5.74) is 1.96. The zero-order chi connectivity index (χ0) is 7.52. The molecule has 0 fully saturated rings. The second-order valence-electron chi connectivity index (χ2n) is 2.21. The molecule has 0 unspecified atom stereocenters. The van der Waals surface area contributed by atoms with Crippen LogP contribution in [0.1, 0.15) is 0 Å². The molecule has 0 aromatic rings. The number of hydrogen-bond acceptors (Lipinski definition) is 4. The Labute approximate surface area is 64.4 Å². The molecule has 4 nitrogen and oxygen atoms in total. The highest BCUT2D eigenvalue weighted by Gasteiger charge is 2.05. The van der Waals surface area contributed by atoms with E-state index in [-0.39, 0.29) is 0 Å². The van der Waals surface area contributed by atoms with Gasteiger partial charge in [-0.1, -0.05) is 0 Å². The van der Waals surface area contributed by atoms with Gasteiger partial charge in [-0.25, -0.2) is 0 Å². The van der Waals surface area contributed by atoms with Crippen LogP contribution in [-0.4, -0.2) is 19.1 Å². The molecule has 0 bridgehead atoms. The number of aliphatic imine (C=N–C) groups is 2. The van der Waals surface area contributed by atoms with E-state index in [1.165, 1.54) is 0 Å². The van der Waals surface area contributed by atoms with E-state index in [1.807, 2.05) is 0 Å². The van der Waals surface area contributed by atoms with Gasteiger partial charge in [0.2, 0.25) is 0 Å². The van der Waals surface area contributed by atoms with Crippen molar-refractivity contribution in [3.05, 3.63) is 23.8 Å². The Morgan fingerprint density at radius 2 is 2.27 bits per heavy atom. The molecule has 0 amide bonds. The van der Waals surface area contributed by atoms with E-state index < -0.39 is 0 Å². The van der Waals surface area contributed by atoms with Crippen molar-refractivity contribution in [3.8, 4) is 0 Å². The molecule has 2 aliphatic heterocycles. The van der Waals surface area contributed by atoms with Crippen LogP contribution in [0.15, 0.2) is 33.8 Å². The van der Waals surface area contributed by atoms with Gasteiger partial charge in [0.15, 0.2) is 0 Å². The second kappa shape index (κ2) is 2.57. The van der Waals surface area contributed by atoms with E-state index in [0.29, 0.717) is 6.67 Å². The lowest BCUT2D eigenvalue weighted by Crippen LogP contribution is -2.25. The fraction of sp³-hybridized carbons (Fsp3) is 0.143. The summed E-state index contributed by atoms with van der Waals surface area (Å²) >= 11 is 0. The van der Waals surface area contributed by atoms with Crippen molar-refractivity contribution < 1.29 is 0 Å². The number of rotatable bonds is 0. The van der Waals surface area contributed by atoms with Crippen molar-refractivity contribution in [2.75, 3.05) is 6.67 Å². The Bertz CT molecular complexity index is 272. The molecule has 0 aromatic carbocycles. The summed E-state index contributed by atoms with van der Waals surface area (Å²) in [5.74, 6) is 0. The largest absolute Gasteiger partial charge is 0.363 e. The number of hydrogen-bond donors (Lipinski definition) is 2. The SMILES string of the molecule is C1=CNC2=C(C=N1)NCN=C2. The second-order valence-corrected chi connectivity index (χ2v) is 2.21. The first-order chi connectivity index (χ1) is 5.47. The van der Waals surface area contributed by atoms with Crippen LogP contribution in [0.5, 0.6) is 0 Å². The van der Waals surface area contributed by atoms with Crippen LogP contribution in [0.2, 0.25) is 0 Å². The number of nitrogens with one attached hydrogen (secondary N) is 2. The molecular formula is C7H8N4. The fourth-order valence-corrected chi connectivity index (χ4v) is 0.950. The van der Waals surface area contributed by atoms with Crippen molar-refractivity contribution in [2.45, 2.75) is 0 Å². The Morgan fingerprint density at radius 3 is 3.27 bits per heavy atom. The van der Waals surface area contributed by atoms with Crippen molar-refractivity contribution in [2.24, 2.45) is 9.98 Å². The highest BCUT2D eigenvalue weighted by atomic mass is 15.1. The highest BCUT2D eigenvalue weighted by Crippen LogP contribution is 2.00. The van der Waals surface area contributed by atoms with Crippen LogP contribution in [0.4, 0.5) is 0 Å². The third-order valence-electron chi connectivity index (χ3n) is 1.47. The summed E-state index contributed by atoms with van der Waals surface area (Å²) in [6, 6.07) is 0. The normalized spacial score (nSPS) is 20.4. The molecule has 0 spiro atoms. The quantitative estimate of drug-likeness (QED) is 0.507. The smallest absolute Gasteiger partial charge is 0.107 e. The Balaban J connectivity index is 2.34. The van der Waals surface area contributed by atoms with E-state index in [2.05, 4.69) is 20.6 Å². The van der Waals surface area contributed by atoms with E-state index in [9.17, 15) is 0 Å². The summed E-state index contributed by atoms with van der Waals surface area (Å²) in [5, 5.41) is 6.14. The van der Waals surface area contributed by atoms with Gasteiger partial charge in [0, 0.05) is 18.6 Å². The maximum absolute atomic E-state index is 4.05. The predicted octanol–water partition coefficient (Wildman–Crippen LogP) is -0.0253. The van der Waals surface area contributed by atoms with Crippen molar-refractivity contribution in [3.63, 3.8) is 0 Å². The third-order valence-corrected chi connectivity index (χ3v) is 1.47. The lowest BCUT2D eigenvalue weighted by molar-refractivity contribution is 0.832. The molecule has 11 heavy (non-hydrogen) atoms. The van der Waals surface area contributed by atoms with Gasteiger partial charge in [0.1, 0.15) is 6.67 Å².